The molecule has 0 atom stereocenters. The third-order valence-electron chi connectivity index (χ3n) is 1.60. The first-order valence-electron chi connectivity index (χ1n) is 4.70. The highest BCUT2D eigenvalue weighted by Gasteiger charge is 2.10. The maximum absolute atomic E-state index is 11.2. The van der Waals surface area contributed by atoms with Crippen molar-refractivity contribution in [2.75, 3.05) is 12.4 Å². The molecule has 0 unspecified atom stereocenters. The number of H-pyrrole nitrogens is 1. The van der Waals surface area contributed by atoms with Crippen LogP contribution in [0.4, 0.5) is 0 Å². The largest absolute Gasteiger partial charge is 0.481 e. The van der Waals surface area contributed by atoms with Crippen molar-refractivity contribution in [2.24, 2.45) is 0 Å². The quantitative estimate of drug-likeness (QED) is 0.576. The van der Waals surface area contributed by atoms with Crippen LogP contribution in [0.3, 0.4) is 0 Å². The first kappa shape index (κ1) is 12.6. The Balaban J connectivity index is 2.45. The highest BCUT2D eigenvalue weighted by Crippen LogP contribution is 2.14. The molecule has 1 rings (SSSR count). The van der Waals surface area contributed by atoms with Crippen LogP contribution in [0.5, 0.6) is 0 Å². The molecule has 0 radical (unpaired) electrons. The molecule has 88 valence electrons. The van der Waals surface area contributed by atoms with Crippen LogP contribution >= 0.6 is 11.8 Å². The lowest BCUT2D eigenvalue weighted by atomic mass is 10.5. The molecule has 0 spiro atoms. The summed E-state index contributed by atoms with van der Waals surface area (Å²) in [5.74, 6) is -0.907. The Morgan fingerprint density at radius 2 is 2.38 bits per heavy atom. The lowest BCUT2D eigenvalue weighted by molar-refractivity contribution is -0.136. The summed E-state index contributed by atoms with van der Waals surface area (Å²) in [6.07, 6.45) is 1.43. The van der Waals surface area contributed by atoms with Crippen LogP contribution in [0, 0.1) is 0 Å². The van der Waals surface area contributed by atoms with Gasteiger partial charge in [-0.3, -0.25) is 4.79 Å². The third-order valence-corrected chi connectivity index (χ3v) is 2.49. The molecule has 1 heterocycles. The summed E-state index contributed by atoms with van der Waals surface area (Å²) in [4.78, 5) is 28.2. The van der Waals surface area contributed by atoms with E-state index in [1.54, 1.807) is 6.92 Å². The van der Waals surface area contributed by atoms with Gasteiger partial charge in [-0.2, -0.15) is 0 Å². The zero-order chi connectivity index (χ0) is 12.0. The van der Waals surface area contributed by atoms with Gasteiger partial charge in [-0.15, -0.1) is 0 Å². The van der Waals surface area contributed by atoms with Crippen molar-refractivity contribution in [3.05, 3.63) is 11.9 Å². The second-order valence-corrected chi connectivity index (χ2v) is 3.90. The Kier molecular flexibility index (Phi) is 4.84. The van der Waals surface area contributed by atoms with Crippen molar-refractivity contribution in [1.82, 2.24) is 9.97 Å². The number of aromatic amines is 1. The zero-order valence-corrected chi connectivity index (χ0v) is 9.54. The molecule has 0 bridgehead atoms. The Morgan fingerprint density at radius 3 is 3.00 bits per heavy atom. The highest BCUT2D eigenvalue weighted by molar-refractivity contribution is 7.99. The summed E-state index contributed by atoms with van der Waals surface area (Å²) in [6, 6.07) is 0. The summed E-state index contributed by atoms with van der Waals surface area (Å²) in [5, 5.41) is 8.95. The van der Waals surface area contributed by atoms with Crippen LogP contribution in [0.1, 0.15) is 23.8 Å². The van der Waals surface area contributed by atoms with E-state index in [4.69, 9.17) is 9.84 Å². The summed E-state index contributed by atoms with van der Waals surface area (Å²) < 4.78 is 4.77. The maximum Gasteiger partial charge on any atom is 0.356 e. The van der Waals surface area contributed by atoms with Crippen molar-refractivity contribution in [1.29, 1.82) is 0 Å². The smallest absolute Gasteiger partial charge is 0.356 e. The van der Waals surface area contributed by atoms with Gasteiger partial charge in [-0.05, 0) is 6.92 Å². The van der Waals surface area contributed by atoms with Crippen molar-refractivity contribution >= 4 is 23.7 Å². The number of hydrogen-bond acceptors (Lipinski definition) is 5. The van der Waals surface area contributed by atoms with Crippen LogP contribution in [0.15, 0.2) is 11.4 Å². The van der Waals surface area contributed by atoms with Gasteiger partial charge in [-0.1, -0.05) is 11.8 Å². The standard InChI is InChI=1S/C9H12N2O4S/c1-2-15-8(14)6-5-10-9(11-6)16-4-3-7(12)13/h5H,2-4H2,1H3,(H,10,11)(H,12,13). The van der Waals surface area contributed by atoms with Gasteiger partial charge in [0.1, 0.15) is 5.69 Å². The zero-order valence-electron chi connectivity index (χ0n) is 8.73. The van der Waals surface area contributed by atoms with Gasteiger partial charge in [0.15, 0.2) is 5.16 Å². The fourth-order valence-corrected chi connectivity index (χ4v) is 1.70. The molecule has 0 aromatic carbocycles. The Morgan fingerprint density at radius 1 is 1.62 bits per heavy atom. The number of hydrogen-bond donors (Lipinski definition) is 2. The molecule has 0 saturated heterocycles. The van der Waals surface area contributed by atoms with Gasteiger partial charge < -0.3 is 14.8 Å². The van der Waals surface area contributed by atoms with Crippen molar-refractivity contribution in [3.63, 3.8) is 0 Å². The fraction of sp³-hybridized carbons (Fsp3) is 0.444. The lowest BCUT2D eigenvalue weighted by Gasteiger charge is -1.97. The number of carboxylic acid groups (broad SMARTS) is 1. The predicted octanol–water partition coefficient (Wildman–Crippen LogP) is 1.15. The molecule has 2 N–H and O–H groups in total. The molecule has 16 heavy (non-hydrogen) atoms. The minimum atomic E-state index is -0.857. The summed E-state index contributed by atoms with van der Waals surface area (Å²) in [5.41, 5.74) is 0.277. The number of carbonyl (C=O) groups excluding carboxylic acids is 1. The predicted molar refractivity (Wildman–Crippen MR) is 57.5 cm³/mol. The van der Waals surface area contributed by atoms with Gasteiger partial charge in [0.25, 0.3) is 0 Å². The number of aliphatic carboxylic acids is 1. The third kappa shape index (κ3) is 3.93. The first-order chi connectivity index (χ1) is 7.63. The van der Waals surface area contributed by atoms with E-state index in [1.807, 2.05) is 0 Å². The van der Waals surface area contributed by atoms with Crippen LogP contribution in [-0.2, 0) is 9.53 Å². The van der Waals surface area contributed by atoms with Crippen molar-refractivity contribution in [2.45, 2.75) is 18.5 Å². The van der Waals surface area contributed by atoms with E-state index >= 15 is 0 Å². The number of aromatic nitrogens is 2. The Labute approximate surface area is 96.4 Å². The van der Waals surface area contributed by atoms with Crippen LogP contribution < -0.4 is 0 Å². The van der Waals surface area contributed by atoms with Crippen molar-refractivity contribution in [3.8, 4) is 0 Å². The number of rotatable bonds is 6. The average molecular weight is 244 g/mol. The number of carboxylic acids is 1. The van der Waals surface area contributed by atoms with E-state index in [-0.39, 0.29) is 12.1 Å². The number of ether oxygens (including phenoxy) is 1. The summed E-state index contributed by atoms with van der Waals surface area (Å²) in [7, 11) is 0. The molecule has 1 aromatic rings. The molecule has 0 saturated carbocycles. The van der Waals surface area contributed by atoms with E-state index in [9.17, 15) is 9.59 Å². The van der Waals surface area contributed by atoms with E-state index in [1.165, 1.54) is 18.0 Å². The normalized spacial score (nSPS) is 10.1. The first-order valence-corrected chi connectivity index (χ1v) is 5.68. The average Bonchev–Trinajstić information content (AvgIpc) is 2.66. The maximum atomic E-state index is 11.2. The van der Waals surface area contributed by atoms with Gasteiger partial charge in [0.05, 0.1) is 19.2 Å². The SMILES string of the molecule is CCOC(=O)c1cnc(SCCC(=O)O)[nH]1. The van der Waals surface area contributed by atoms with Crippen LogP contribution in [0.2, 0.25) is 0 Å². The molecular formula is C9H12N2O4S. The second kappa shape index (κ2) is 6.16. The van der Waals surface area contributed by atoms with E-state index < -0.39 is 11.9 Å². The molecule has 0 fully saturated rings. The molecule has 0 aliphatic heterocycles. The Bertz CT molecular complexity index is 377. The van der Waals surface area contributed by atoms with Gasteiger partial charge >= 0.3 is 11.9 Å². The lowest BCUT2D eigenvalue weighted by Crippen LogP contribution is -2.04. The van der Waals surface area contributed by atoms with Gasteiger partial charge in [0, 0.05) is 5.75 Å². The summed E-state index contributed by atoms with van der Waals surface area (Å²) >= 11 is 1.25. The van der Waals surface area contributed by atoms with Gasteiger partial charge in [0.2, 0.25) is 0 Å². The molecular weight excluding hydrogens is 232 g/mol. The summed E-state index contributed by atoms with van der Waals surface area (Å²) in [6.45, 7) is 2.02. The fourth-order valence-electron chi connectivity index (χ4n) is 0.924. The van der Waals surface area contributed by atoms with Crippen molar-refractivity contribution < 1.29 is 19.4 Å². The molecule has 0 aliphatic carbocycles. The number of imidazole rings is 1. The number of carbonyl (C=O) groups is 2. The topological polar surface area (TPSA) is 92.3 Å². The van der Waals surface area contributed by atoms with Gasteiger partial charge in [-0.25, -0.2) is 9.78 Å². The second-order valence-electron chi connectivity index (χ2n) is 2.81. The van der Waals surface area contributed by atoms with Crippen LogP contribution in [-0.4, -0.2) is 39.4 Å². The molecule has 1 aromatic heterocycles. The van der Waals surface area contributed by atoms with Crippen LogP contribution in [0.25, 0.3) is 0 Å². The van der Waals surface area contributed by atoms with E-state index in [0.29, 0.717) is 17.5 Å². The number of thioether (sulfide) groups is 1. The molecule has 0 aliphatic rings. The Hall–Kier alpha value is -1.50. The minimum absolute atomic E-state index is 0.0557. The van der Waals surface area contributed by atoms with E-state index in [2.05, 4.69) is 9.97 Å². The van der Waals surface area contributed by atoms with E-state index in [0.717, 1.165) is 0 Å². The monoisotopic (exact) mass is 244 g/mol. The highest BCUT2D eigenvalue weighted by atomic mass is 32.2. The molecule has 6 nitrogen and oxygen atoms in total. The number of nitrogens with one attached hydrogen (secondary N) is 1. The minimum Gasteiger partial charge on any atom is -0.481 e. The number of esters is 1. The molecule has 7 heteroatoms. The molecule has 0 amide bonds. The number of nitrogens with zero attached hydrogens (tertiary/aromatic N) is 1.